The van der Waals surface area contributed by atoms with Crippen molar-refractivity contribution < 1.29 is 27.6 Å². The first-order chi connectivity index (χ1) is 14.8. The Bertz CT molecular complexity index is 881. The number of carbonyl (C=O) groups is 2. The molecule has 2 unspecified atom stereocenters. The van der Waals surface area contributed by atoms with E-state index < -0.39 is 11.7 Å². The summed E-state index contributed by atoms with van der Waals surface area (Å²) in [6.45, 7) is 3.31. The van der Waals surface area contributed by atoms with Gasteiger partial charge in [-0.25, -0.2) is 0 Å². The van der Waals surface area contributed by atoms with Gasteiger partial charge in [-0.1, -0.05) is 18.2 Å². The van der Waals surface area contributed by atoms with Crippen molar-refractivity contribution in [1.82, 2.24) is 9.96 Å². The maximum absolute atomic E-state index is 12.9. The predicted molar refractivity (Wildman–Crippen MR) is 106 cm³/mol. The van der Waals surface area contributed by atoms with Gasteiger partial charge in [0.15, 0.2) is 0 Å². The van der Waals surface area contributed by atoms with Gasteiger partial charge in [0.05, 0.1) is 24.0 Å². The van der Waals surface area contributed by atoms with E-state index in [0.29, 0.717) is 38.4 Å². The van der Waals surface area contributed by atoms with Gasteiger partial charge >= 0.3 is 6.18 Å². The number of allylic oxidation sites excluding steroid dienone is 2. The van der Waals surface area contributed by atoms with Crippen LogP contribution in [-0.2, 0) is 20.6 Å². The van der Waals surface area contributed by atoms with Crippen molar-refractivity contribution in [1.29, 1.82) is 0 Å². The largest absolute Gasteiger partial charge is 0.416 e. The Morgan fingerprint density at radius 3 is 2.23 bits per heavy atom. The van der Waals surface area contributed by atoms with E-state index in [1.54, 1.807) is 6.07 Å². The van der Waals surface area contributed by atoms with Crippen LogP contribution in [-0.4, -0.2) is 61.1 Å². The second kappa shape index (κ2) is 7.63. The molecule has 3 fully saturated rings. The van der Waals surface area contributed by atoms with Gasteiger partial charge in [-0.3, -0.25) is 19.3 Å². The lowest BCUT2D eigenvalue weighted by atomic mass is 9.85. The van der Waals surface area contributed by atoms with Crippen LogP contribution in [0.2, 0.25) is 0 Å². The minimum atomic E-state index is -4.35. The third kappa shape index (κ3) is 3.63. The number of anilines is 1. The zero-order chi connectivity index (χ0) is 21.8. The number of hydrogen-bond acceptors (Lipinski definition) is 5. The van der Waals surface area contributed by atoms with Crippen LogP contribution in [0, 0.1) is 23.7 Å². The number of halogens is 3. The van der Waals surface area contributed by atoms with Crippen LogP contribution >= 0.6 is 0 Å². The fraction of sp³-hybridized carbons (Fsp3) is 0.545. The van der Waals surface area contributed by atoms with Crippen molar-refractivity contribution in [3.8, 4) is 0 Å². The summed E-state index contributed by atoms with van der Waals surface area (Å²) in [7, 11) is 0. The van der Waals surface area contributed by atoms with E-state index in [1.165, 1.54) is 12.1 Å². The van der Waals surface area contributed by atoms with Crippen molar-refractivity contribution >= 4 is 17.5 Å². The summed E-state index contributed by atoms with van der Waals surface area (Å²) in [6.07, 6.45) is 0.624. The van der Waals surface area contributed by atoms with Crippen LogP contribution in [0.1, 0.15) is 12.0 Å². The minimum Gasteiger partial charge on any atom is -0.369 e. The molecule has 6 nitrogen and oxygen atoms in total. The van der Waals surface area contributed by atoms with Crippen LogP contribution in [0.5, 0.6) is 0 Å². The van der Waals surface area contributed by atoms with Crippen LogP contribution in [0.15, 0.2) is 36.4 Å². The number of imide groups is 1. The first-order valence-electron chi connectivity index (χ1n) is 10.7. The minimum absolute atomic E-state index is 0.156. The Morgan fingerprint density at radius 1 is 0.968 bits per heavy atom. The molecule has 1 saturated carbocycles. The highest BCUT2D eigenvalue weighted by Gasteiger charge is 2.60. The fourth-order valence-electron chi connectivity index (χ4n) is 5.37. The molecule has 1 aromatic rings. The summed E-state index contributed by atoms with van der Waals surface area (Å²) in [5.41, 5.74) is -0.0806. The molecule has 1 aromatic carbocycles. The SMILES string of the molecule is O=C1C2C(C(=O)N1OCCN1CCN(c3cccc(C(F)(F)F)c3)CC1)[C@H]1C=C[C@@H]2C1. The van der Waals surface area contributed by atoms with E-state index in [4.69, 9.17) is 4.84 Å². The molecule has 0 radical (unpaired) electrons. The number of piperazine rings is 1. The molecule has 2 aliphatic carbocycles. The Morgan fingerprint density at radius 2 is 1.61 bits per heavy atom. The molecule has 0 spiro atoms. The number of carbonyl (C=O) groups excluding carboxylic acids is 2. The molecule has 4 aliphatic rings. The Labute approximate surface area is 178 Å². The van der Waals surface area contributed by atoms with Gasteiger partial charge in [-0.2, -0.15) is 18.2 Å². The van der Waals surface area contributed by atoms with E-state index in [0.717, 1.165) is 17.6 Å². The average Bonchev–Trinajstić information content (AvgIpc) is 3.43. The van der Waals surface area contributed by atoms with Gasteiger partial charge < -0.3 is 4.90 Å². The summed E-state index contributed by atoms with van der Waals surface area (Å²) in [4.78, 5) is 34.9. The molecule has 166 valence electrons. The van der Waals surface area contributed by atoms with Gasteiger partial charge in [0.2, 0.25) is 0 Å². The van der Waals surface area contributed by atoms with Crippen molar-refractivity contribution in [3.63, 3.8) is 0 Å². The van der Waals surface area contributed by atoms with Gasteiger partial charge in [0.25, 0.3) is 11.8 Å². The molecule has 2 saturated heterocycles. The summed E-state index contributed by atoms with van der Waals surface area (Å²) >= 11 is 0. The molecule has 2 amide bonds. The number of hydrogen-bond donors (Lipinski definition) is 0. The third-order valence-electron chi connectivity index (χ3n) is 6.97. The number of fused-ring (bicyclic) bond motifs is 5. The van der Waals surface area contributed by atoms with Crippen LogP contribution in [0.3, 0.4) is 0 Å². The molecule has 2 heterocycles. The van der Waals surface area contributed by atoms with Gasteiger partial charge in [-0.05, 0) is 36.5 Å². The molecule has 0 N–H and O–H groups in total. The van der Waals surface area contributed by atoms with Gasteiger partial charge in [0, 0.05) is 38.4 Å². The number of alkyl halides is 3. The van der Waals surface area contributed by atoms with Crippen LogP contribution in [0.4, 0.5) is 18.9 Å². The molecule has 9 heteroatoms. The first-order valence-corrected chi connectivity index (χ1v) is 10.7. The molecule has 0 aromatic heterocycles. The summed E-state index contributed by atoms with van der Waals surface area (Å²) in [6, 6.07) is 5.38. The Balaban J connectivity index is 1.10. The van der Waals surface area contributed by atoms with E-state index in [9.17, 15) is 22.8 Å². The van der Waals surface area contributed by atoms with Crippen LogP contribution < -0.4 is 4.90 Å². The highest BCUT2D eigenvalue weighted by molar-refractivity contribution is 6.05. The third-order valence-corrected chi connectivity index (χ3v) is 6.97. The number of benzene rings is 1. The zero-order valence-corrected chi connectivity index (χ0v) is 16.9. The number of rotatable bonds is 5. The van der Waals surface area contributed by atoms with Gasteiger partial charge in [0.1, 0.15) is 0 Å². The highest BCUT2D eigenvalue weighted by Crippen LogP contribution is 2.52. The standard InChI is InChI=1S/C22H24F3N3O3/c23-22(24,25)16-2-1-3-17(13-16)27-8-6-26(7-9-27)10-11-31-28-20(29)18-14-4-5-15(12-14)19(18)21(28)30/h1-5,13-15,18-19H,6-12H2/t14-,15+,18?,19?. The lowest BCUT2D eigenvalue weighted by Gasteiger charge is -2.36. The topological polar surface area (TPSA) is 53.1 Å². The van der Waals surface area contributed by atoms with Crippen LogP contribution in [0.25, 0.3) is 0 Å². The summed E-state index contributed by atoms with van der Waals surface area (Å²) in [5, 5.41) is 0.973. The second-order valence-electron chi connectivity index (χ2n) is 8.68. The Hall–Kier alpha value is -2.39. The molecule has 5 rings (SSSR count). The molecule has 4 atom stereocenters. The second-order valence-corrected chi connectivity index (χ2v) is 8.68. The number of hydroxylamine groups is 2. The van der Waals surface area contributed by atoms with E-state index >= 15 is 0 Å². The summed E-state index contributed by atoms with van der Waals surface area (Å²) in [5.74, 6) is -0.660. The Kier molecular flexibility index (Phi) is 5.05. The molecule has 31 heavy (non-hydrogen) atoms. The average molecular weight is 435 g/mol. The van der Waals surface area contributed by atoms with Crippen molar-refractivity contribution in [2.45, 2.75) is 12.6 Å². The maximum atomic E-state index is 12.9. The smallest absolute Gasteiger partial charge is 0.369 e. The van der Waals surface area contributed by atoms with Crippen molar-refractivity contribution in [3.05, 3.63) is 42.0 Å². The quantitative estimate of drug-likeness (QED) is 0.526. The highest BCUT2D eigenvalue weighted by atomic mass is 19.4. The normalized spacial score (nSPS) is 30.5. The molecule has 2 aliphatic heterocycles. The monoisotopic (exact) mass is 435 g/mol. The molecule has 2 bridgehead atoms. The van der Waals surface area contributed by atoms with Crippen molar-refractivity contribution in [2.75, 3.05) is 44.2 Å². The van der Waals surface area contributed by atoms with Gasteiger partial charge in [-0.15, -0.1) is 0 Å². The summed E-state index contributed by atoms with van der Waals surface area (Å²) < 4.78 is 38.8. The van der Waals surface area contributed by atoms with Crippen molar-refractivity contribution in [2.24, 2.45) is 23.7 Å². The predicted octanol–water partition coefficient (Wildman–Crippen LogP) is 2.57. The number of amides is 2. The maximum Gasteiger partial charge on any atom is 0.416 e. The fourth-order valence-corrected chi connectivity index (χ4v) is 5.37. The molecular formula is C22H24F3N3O3. The molecular weight excluding hydrogens is 411 g/mol. The lowest BCUT2D eigenvalue weighted by molar-refractivity contribution is -0.191. The van der Waals surface area contributed by atoms with E-state index in [2.05, 4.69) is 4.90 Å². The van der Waals surface area contributed by atoms with E-state index in [1.807, 2.05) is 17.1 Å². The lowest BCUT2D eigenvalue weighted by Crippen LogP contribution is -2.48. The first kappa shape index (κ1) is 20.5. The zero-order valence-electron chi connectivity index (χ0n) is 16.9. The van der Waals surface area contributed by atoms with E-state index in [-0.39, 0.29) is 42.1 Å². The number of nitrogens with zero attached hydrogens (tertiary/aromatic N) is 3.